The molecule has 1 rings (SSSR count). The number of anilines is 1. The molecule has 0 saturated heterocycles. The van der Waals surface area contributed by atoms with Gasteiger partial charge in [-0.2, -0.15) is 0 Å². The monoisotopic (exact) mass is 292 g/mol. The molecular formula is C17H28N2O2. The number of nitrogen functional groups attached to an aromatic ring is 1. The van der Waals surface area contributed by atoms with E-state index >= 15 is 0 Å². The average Bonchev–Trinajstić information content (AvgIpc) is 2.44. The molecule has 0 spiro atoms. The Kier molecular flexibility index (Phi) is 7.06. The number of unbranched alkanes of at least 4 members (excludes halogenated alkanes) is 1. The normalized spacial score (nSPS) is 10.7. The number of rotatable bonds is 8. The predicted molar refractivity (Wildman–Crippen MR) is 87.5 cm³/mol. The molecule has 0 unspecified atom stereocenters. The topological polar surface area (TPSA) is 55.6 Å². The van der Waals surface area contributed by atoms with Crippen LogP contribution in [0.4, 0.5) is 5.69 Å². The molecule has 21 heavy (non-hydrogen) atoms. The standard InChI is InChI=1S/C17H28N2O2/c1-5-6-11-19(4)17(20)10-8-14-7-9-16(15(18)12-14)21-13(2)3/h7,9,12-13H,5-6,8,10-11,18H2,1-4H3. The molecule has 0 radical (unpaired) electrons. The predicted octanol–water partition coefficient (Wildman–Crippen LogP) is 3.25. The van der Waals surface area contributed by atoms with Crippen molar-refractivity contribution in [3.63, 3.8) is 0 Å². The van der Waals surface area contributed by atoms with Gasteiger partial charge in [-0.1, -0.05) is 19.4 Å². The number of aryl methyl sites for hydroxylation is 1. The number of nitrogens with zero attached hydrogens (tertiary/aromatic N) is 1. The van der Waals surface area contributed by atoms with Crippen LogP contribution in [0.25, 0.3) is 0 Å². The fourth-order valence-corrected chi connectivity index (χ4v) is 2.08. The maximum absolute atomic E-state index is 12.0. The Balaban J connectivity index is 2.52. The minimum absolute atomic E-state index is 0.104. The lowest BCUT2D eigenvalue weighted by atomic mass is 10.1. The van der Waals surface area contributed by atoms with Crippen molar-refractivity contribution in [2.75, 3.05) is 19.3 Å². The first-order valence-electron chi connectivity index (χ1n) is 7.73. The third kappa shape index (κ3) is 6.06. The maximum atomic E-state index is 12.0. The van der Waals surface area contributed by atoms with Crippen molar-refractivity contribution >= 4 is 11.6 Å². The number of amides is 1. The highest BCUT2D eigenvalue weighted by Gasteiger charge is 2.09. The van der Waals surface area contributed by atoms with Crippen molar-refractivity contribution in [1.29, 1.82) is 0 Å². The van der Waals surface area contributed by atoms with Crippen molar-refractivity contribution in [2.24, 2.45) is 0 Å². The smallest absolute Gasteiger partial charge is 0.222 e. The summed E-state index contributed by atoms with van der Waals surface area (Å²) in [4.78, 5) is 13.8. The largest absolute Gasteiger partial charge is 0.489 e. The van der Waals surface area contributed by atoms with Crippen molar-refractivity contribution in [2.45, 2.75) is 52.6 Å². The van der Waals surface area contributed by atoms with Crippen molar-refractivity contribution in [1.82, 2.24) is 4.90 Å². The van der Waals surface area contributed by atoms with Crippen LogP contribution in [0.5, 0.6) is 5.75 Å². The summed E-state index contributed by atoms with van der Waals surface area (Å²) in [5, 5.41) is 0. The van der Waals surface area contributed by atoms with Crippen LogP contribution in [0.1, 0.15) is 45.6 Å². The third-order valence-corrected chi connectivity index (χ3v) is 3.34. The van der Waals surface area contributed by atoms with E-state index in [1.165, 1.54) is 0 Å². The van der Waals surface area contributed by atoms with E-state index in [9.17, 15) is 4.79 Å². The fourth-order valence-electron chi connectivity index (χ4n) is 2.08. The molecule has 4 heteroatoms. The van der Waals surface area contributed by atoms with Gasteiger partial charge in [0.2, 0.25) is 5.91 Å². The van der Waals surface area contributed by atoms with E-state index in [1.807, 2.05) is 44.0 Å². The second kappa shape index (κ2) is 8.55. The van der Waals surface area contributed by atoms with E-state index < -0.39 is 0 Å². The number of nitrogens with two attached hydrogens (primary N) is 1. The first-order valence-corrected chi connectivity index (χ1v) is 7.73. The van der Waals surface area contributed by atoms with Crippen LogP contribution in [-0.2, 0) is 11.2 Å². The lowest BCUT2D eigenvalue weighted by Crippen LogP contribution is -2.27. The van der Waals surface area contributed by atoms with Crippen molar-refractivity contribution in [3.05, 3.63) is 23.8 Å². The van der Waals surface area contributed by atoms with E-state index in [0.717, 1.165) is 24.9 Å². The number of carbonyl (C=O) groups is 1. The first-order chi connectivity index (χ1) is 9.93. The van der Waals surface area contributed by atoms with E-state index in [4.69, 9.17) is 10.5 Å². The van der Waals surface area contributed by atoms with Crippen molar-refractivity contribution < 1.29 is 9.53 Å². The van der Waals surface area contributed by atoms with Gasteiger partial charge in [-0.15, -0.1) is 0 Å². The molecule has 1 aromatic carbocycles. The van der Waals surface area contributed by atoms with Gasteiger partial charge >= 0.3 is 0 Å². The van der Waals surface area contributed by atoms with Crippen LogP contribution < -0.4 is 10.5 Å². The minimum atomic E-state index is 0.104. The fraction of sp³-hybridized carbons (Fsp3) is 0.588. The molecule has 0 aromatic heterocycles. The molecule has 1 aromatic rings. The average molecular weight is 292 g/mol. The van der Waals surface area contributed by atoms with E-state index in [1.54, 1.807) is 0 Å². The highest BCUT2D eigenvalue weighted by Crippen LogP contribution is 2.24. The Bertz CT molecular complexity index is 458. The summed E-state index contributed by atoms with van der Waals surface area (Å²) in [7, 11) is 1.87. The van der Waals surface area contributed by atoms with Crippen LogP contribution in [-0.4, -0.2) is 30.5 Å². The summed E-state index contributed by atoms with van der Waals surface area (Å²) in [6.07, 6.45) is 3.49. The SMILES string of the molecule is CCCCN(C)C(=O)CCc1ccc(OC(C)C)c(N)c1. The quantitative estimate of drug-likeness (QED) is 0.748. The molecule has 0 bridgehead atoms. The van der Waals surface area contributed by atoms with Gasteiger partial charge in [0.1, 0.15) is 5.75 Å². The van der Waals surface area contributed by atoms with Crippen LogP contribution >= 0.6 is 0 Å². The van der Waals surface area contributed by atoms with Gasteiger partial charge in [0, 0.05) is 20.0 Å². The van der Waals surface area contributed by atoms with Gasteiger partial charge in [0.15, 0.2) is 0 Å². The van der Waals surface area contributed by atoms with Gasteiger partial charge in [-0.25, -0.2) is 0 Å². The number of benzene rings is 1. The highest BCUT2D eigenvalue weighted by atomic mass is 16.5. The number of carbonyl (C=O) groups excluding carboxylic acids is 1. The molecule has 0 heterocycles. The van der Waals surface area contributed by atoms with Gasteiger partial charge in [0.25, 0.3) is 0 Å². The number of ether oxygens (including phenoxy) is 1. The maximum Gasteiger partial charge on any atom is 0.222 e. The van der Waals surface area contributed by atoms with Gasteiger partial charge in [0.05, 0.1) is 11.8 Å². The van der Waals surface area contributed by atoms with Gasteiger partial charge in [-0.3, -0.25) is 4.79 Å². The molecule has 0 atom stereocenters. The number of hydrogen-bond donors (Lipinski definition) is 1. The third-order valence-electron chi connectivity index (χ3n) is 3.34. The molecular weight excluding hydrogens is 264 g/mol. The van der Waals surface area contributed by atoms with Crippen LogP contribution in [0.15, 0.2) is 18.2 Å². The van der Waals surface area contributed by atoms with Crippen molar-refractivity contribution in [3.8, 4) is 5.75 Å². The zero-order valence-corrected chi connectivity index (χ0v) is 13.7. The van der Waals surface area contributed by atoms with Gasteiger partial charge < -0.3 is 15.4 Å². The molecule has 0 saturated carbocycles. The van der Waals surface area contributed by atoms with E-state index in [2.05, 4.69) is 6.92 Å². The number of hydrogen-bond acceptors (Lipinski definition) is 3. The molecule has 1 amide bonds. The summed E-state index contributed by atoms with van der Waals surface area (Å²) in [6, 6.07) is 5.76. The summed E-state index contributed by atoms with van der Waals surface area (Å²) in [6.45, 7) is 6.90. The summed E-state index contributed by atoms with van der Waals surface area (Å²) in [5.41, 5.74) is 7.68. The zero-order chi connectivity index (χ0) is 15.8. The molecule has 0 aliphatic heterocycles. The second-order valence-electron chi connectivity index (χ2n) is 5.71. The molecule has 0 aliphatic carbocycles. The lowest BCUT2D eigenvalue weighted by molar-refractivity contribution is -0.129. The molecule has 4 nitrogen and oxygen atoms in total. The summed E-state index contributed by atoms with van der Waals surface area (Å²) >= 11 is 0. The molecule has 2 N–H and O–H groups in total. The van der Waals surface area contributed by atoms with Crippen LogP contribution in [0.3, 0.4) is 0 Å². The van der Waals surface area contributed by atoms with E-state index in [0.29, 0.717) is 24.3 Å². The van der Waals surface area contributed by atoms with Gasteiger partial charge in [-0.05, 0) is 44.4 Å². The summed E-state index contributed by atoms with van der Waals surface area (Å²) in [5.74, 6) is 0.893. The first kappa shape index (κ1) is 17.3. The Morgan fingerprint density at radius 2 is 2.10 bits per heavy atom. The summed E-state index contributed by atoms with van der Waals surface area (Å²) < 4.78 is 5.61. The Hall–Kier alpha value is -1.71. The minimum Gasteiger partial charge on any atom is -0.489 e. The van der Waals surface area contributed by atoms with Crippen LogP contribution in [0, 0.1) is 0 Å². The Morgan fingerprint density at radius 3 is 2.67 bits per heavy atom. The highest BCUT2D eigenvalue weighted by molar-refractivity contribution is 5.76. The molecule has 0 fully saturated rings. The Labute approximate surface area is 128 Å². The molecule has 118 valence electrons. The Morgan fingerprint density at radius 1 is 1.38 bits per heavy atom. The zero-order valence-electron chi connectivity index (χ0n) is 13.7. The second-order valence-corrected chi connectivity index (χ2v) is 5.71. The lowest BCUT2D eigenvalue weighted by Gasteiger charge is -2.17. The van der Waals surface area contributed by atoms with Crippen LogP contribution in [0.2, 0.25) is 0 Å². The van der Waals surface area contributed by atoms with E-state index in [-0.39, 0.29) is 12.0 Å². The molecule has 0 aliphatic rings.